The van der Waals surface area contributed by atoms with E-state index in [1.54, 1.807) is 6.07 Å². The SMILES string of the molecule is CNCCNC(=O)N1CCC[C@@H]([C@@H](OCCOC(N)=O)c2cccc(Cl)c2)C1. The molecule has 0 saturated carbocycles. The Morgan fingerprint density at radius 3 is 2.89 bits per heavy atom. The number of halogens is 1. The summed E-state index contributed by atoms with van der Waals surface area (Å²) in [4.78, 5) is 25.0. The van der Waals surface area contributed by atoms with Gasteiger partial charge >= 0.3 is 12.1 Å². The zero-order chi connectivity index (χ0) is 20.4. The number of hydrogen-bond acceptors (Lipinski definition) is 5. The molecule has 0 aliphatic carbocycles. The summed E-state index contributed by atoms with van der Waals surface area (Å²) in [6.07, 6.45) is 0.726. The van der Waals surface area contributed by atoms with Gasteiger partial charge in [-0.05, 0) is 37.6 Å². The molecule has 1 aromatic carbocycles. The van der Waals surface area contributed by atoms with Crippen molar-refractivity contribution < 1.29 is 19.1 Å². The molecule has 156 valence electrons. The topological polar surface area (TPSA) is 106 Å². The summed E-state index contributed by atoms with van der Waals surface area (Å²) in [5, 5.41) is 6.55. The molecule has 28 heavy (non-hydrogen) atoms. The van der Waals surface area contributed by atoms with Gasteiger partial charge in [-0.2, -0.15) is 0 Å². The number of rotatable bonds is 9. The maximum atomic E-state index is 12.4. The van der Waals surface area contributed by atoms with Crippen molar-refractivity contribution >= 4 is 23.7 Å². The van der Waals surface area contributed by atoms with Crippen LogP contribution in [0, 0.1) is 5.92 Å². The third kappa shape index (κ3) is 7.18. The van der Waals surface area contributed by atoms with Gasteiger partial charge in [0.25, 0.3) is 0 Å². The summed E-state index contributed by atoms with van der Waals surface area (Å²) in [5.74, 6) is 0.107. The fourth-order valence-electron chi connectivity index (χ4n) is 3.35. The van der Waals surface area contributed by atoms with Crippen LogP contribution in [-0.2, 0) is 9.47 Å². The first-order valence-electron chi connectivity index (χ1n) is 9.48. The summed E-state index contributed by atoms with van der Waals surface area (Å²) in [6, 6.07) is 7.44. The molecule has 1 saturated heterocycles. The molecule has 0 spiro atoms. The van der Waals surface area contributed by atoms with E-state index in [2.05, 4.69) is 10.6 Å². The zero-order valence-corrected chi connectivity index (χ0v) is 16.9. The number of likely N-dealkylation sites (N-methyl/N-ethyl adjacent to an activating group) is 1. The highest BCUT2D eigenvalue weighted by Crippen LogP contribution is 2.34. The molecule has 2 atom stereocenters. The number of nitrogens with two attached hydrogens (primary N) is 1. The van der Waals surface area contributed by atoms with Crippen LogP contribution in [-0.4, -0.2) is 63.5 Å². The first kappa shape index (κ1) is 22.3. The molecule has 1 heterocycles. The Morgan fingerprint density at radius 1 is 1.36 bits per heavy atom. The lowest BCUT2D eigenvalue weighted by atomic mass is 9.88. The van der Waals surface area contributed by atoms with Crippen LogP contribution in [0.25, 0.3) is 0 Å². The molecule has 0 bridgehead atoms. The summed E-state index contributed by atoms with van der Waals surface area (Å²) in [5.41, 5.74) is 5.93. The Bertz CT molecular complexity index is 646. The average molecular weight is 413 g/mol. The van der Waals surface area contributed by atoms with E-state index in [4.69, 9.17) is 26.8 Å². The minimum absolute atomic E-state index is 0.0677. The summed E-state index contributed by atoms with van der Waals surface area (Å²) >= 11 is 6.16. The Kier molecular flexibility index (Phi) is 9.33. The first-order chi connectivity index (χ1) is 13.5. The predicted octanol–water partition coefficient (Wildman–Crippen LogP) is 2.13. The van der Waals surface area contributed by atoms with Crippen LogP contribution < -0.4 is 16.4 Å². The number of ether oxygens (including phenoxy) is 2. The third-order valence-corrected chi connectivity index (χ3v) is 4.86. The number of nitrogens with zero attached hydrogens (tertiary/aromatic N) is 1. The first-order valence-corrected chi connectivity index (χ1v) is 9.85. The summed E-state index contributed by atoms with van der Waals surface area (Å²) < 4.78 is 10.8. The standard InChI is InChI=1S/C19H29ClN4O4/c1-22-7-8-23-19(26)24-9-3-5-15(13-24)17(27-10-11-28-18(21)25)14-4-2-6-16(20)12-14/h2,4,6,12,15,17,22H,3,5,7-11,13H2,1H3,(H2,21,25)(H,23,26)/t15-,17+/m1/s1. The van der Waals surface area contributed by atoms with Gasteiger partial charge in [-0.25, -0.2) is 9.59 Å². The number of benzene rings is 1. The van der Waals surface area contributed by atoms with E-state index in [-0.39, 0.29) is 31.3 Å². The molecule has 2 rings (SSSR count). The number of urea groups is 1. The Balaban J connectivity index is 2.03. The average Bonchev–Trinajstić information content (AvgIpc) is 2.68. The fourth-order valence-corrected chi connectivity index (χ4v) is 3.55. The lowest BCUT2D eigenvalue weighted by Crippen LogP contribution is -2.48. The molecule has 0 aromatic heterocycles. The van der Waals surface area contributed by atoms with Crippen molar-refractivity contribution in [2.45, 2.75) is 18.9 Å². The number of nitrogens with one attached hydrogen (secondary N) is 2. The molecule has 8 nitrogen and oxygen atoms in total. The molecule has 1 fully saturated rings. The Hall–Kier alpha value is -2.03. The highest BCUT2D eigenvalue weighted by molar-refractivity contribution is 6.30. The lowest BCUT2D eigenvalue weighted by molar-refractivity contribution is -0.0256. The van der Waals surface area contributed by atoms with Crippen LogP contribution in [0.2, 0.25) is 5.02 Å². The van der Waals surface area contributed by atoms with Crippen LogP contribution in [0.3, 0.4) is 0 Å². The minimum Gasteiger partial charge on any atom is -0.447 e. The largest absolute Gasteiger partial charge is 0.447 e. The van der Waals surface area contributed by atoms with Crippen molar-refractivity contribution in [1.29, 1.82) is 0 Å². The number of likely N-dealkylation sites (tertiary alicyclic amines) is 1. The lowest BCUT2D eigenvalue weighted by Gasteiger charge is -2.37. The highest BCUT2D eigenvalue weighted by Gasteiger charge is 2.31. The van der Waals surface area contributed by atoms with E-state index >= 15 is 0 Å². The highest BCUT2D eigenvalue weighted by atomic mass is 35.5. The van der Waals surface area contributed by atoms with E-state index < -0.39 is 6.09 Å². The van der Waals surface area contributed by atoms with Gasteiger partial charge in [0.05, 0.1) is 12.7 Å². The molecule has 0 unspecified atom stereocenters. The molecule has 4 N–H and O–H groups in total. The van der Waals surface area contributed by atoms with Crippen molar-refractivity contribution in [3.8, 4) is 0 Å². The molecule has 9 heteroatoms. The number of carbonyl (C=O) groups is 2. The number of carbonyl (C=O) groups excluding carboxylic acids is 2. The van der Waals surface area contributed by atoms with Gasteiger partial charge < -0.3 is 30.7 Å². The fraction of sp³-hybridized carbons (Fsp3) is 0.579. The molecule has 3 amide bonds. The van der Waals surface area contributed by atoms with Crippen LogP contribution in [0.4, 0.5) is 9.59 Å². The van der Waals surface area contributed by atoms with E-state index in [9.17, 15) is 9.59 Å². The molecular formula is C19H29ClN4O4. The predicted molar refractivity (Wildman–Crippen MR) is 107 cm³/mol. The van der Waals surface area contributed by atoms with Gasteiger partial charge in [-0.1, -0.05) is 23.7 Å². The van der Waals surface area contributed by atoms with Crippen molar-refractivity contribution in [3.63, 3.8) is 0 Å². The smallest absolute Gasteiger partial charge is 0.404 e. The third-order valence-electron chi connectivity index (χ3n) is 4.63. The number of piperidine rings is 1. The minimum atomic E-state index is -0.829. The van der Waals surface area contributed by atoms with Gasteiger partial charge in [-0.15, -0.1) is 0 Å². The molecule has 1 aromatic rings. The van der Waals surface area contributed by atoms with Gasteiger partial charge in [0.1, 0.15) is 6.61 Å². The summed E-state index contributed by atoms with van der Waals surface area (Å²) in [7, 11) is 1.85. The van der Waals surface area contributed by atoms with Crippen LogP contribution >= 0.6 is 11.6 Å². The van der Waals surface area contributed by atoms with Gasteiger partial charge in [0.2, 0.25) is 0 Å². The van der Waals surface area contributed by atoms with Crippen molar-refractivity contribution in [2.24, 2.45) is 11.7 Å². The van der Waals surface area contributed by atoms with Crippen LogP contribution in [0.1, 0.15) is 24.5 Å². The van der Waals surface area contributed by atoms with Crippen molar-refractivity contribution in [1.82, 2.24) is 15.5 Å². The van der Waals surface area contributed by atoms with Gasteiger partial charge in [0.15, 0.2) is 0 Å². The summed E-state index contributed by atoms with van der Waals surface area (Å²) in [6.45, 7) is 2.89. The maximum absolute atomic E-state index is 12.4. The molecule has 1 aliphatic rings. The maximum Gasteiger partial charge on any atom is 0.404 e. The van der Waals surface area contributed by atoms with Crippen LogP contribution in [0.5, 0.6) is 0 Å². The number of primary amides is 1. The second kappa shape index (κ2) is 11.7. The molecule has 0 radical (unpaired) electrons. The van der Waals surface area contributed by atoms with E-state index in [0.717, 1.165) is 31.5 Å². The van der Waals surface area contributed by atoms with E-state index in [1.807, 2.05) is 30.1 Å². The Labute approximate surface area is 170 Å². The second-order valence-electron chi connectivity index (χ2n) is 6.70. The van der Waals surface area contributed by atoms with Crippen LogP contribution in [0.15, 0.2) is 24.3 Å². The van der Waals surface area contributed by atoms with Crippen molar-refractivity contribution in [3.05, 3.63) is 34.9 Å². The second-order valence-corrected chi connectivity index (χ2v) is 7.13. The van der Waals surface area contributed by atoms with Crippen molar-refractivity contribution in [2.75, 3.05) is 46.4 Å². The Morgan fingerprint density at radius 2 is 2.18 bits per heavy atom. The molecule has 1 aliphatic heterocycles. The van der Waals surface area contributed by atoms with Gasteiger partial charge in [-0.3, -0.25) is 0 Å². The number of hydrogen-bond donors (Lipinski definition) is 3. The molecular weight excluding hydrogens is 384 g/mol. The number of amides is 3. The monoisotopic (exact) mass is 412 g/mol. The zero-order valence-electron chi connectivity index (χ0n) is 16.2. The van der Waals surface area contributed by atoms with E-state index in [0.29, 0.717) is 18.1 Å². The van der Waals surface area contributed by atoms with Gasteiger partial charge in [0, 0.05) is 37.1 Å². The normalized spacial score (nSPS) is 17.8. The van der Waals surface area contributed by atoms with E-state index in [1.165, 1.54) is 0 Å². The quantitative estimate of drug-likeness (QED) is 0.539.